The first-order valence-corrected chi connectivity index (χ1v) is 8.80. The number of hydrogen-bond donors (Lipinski definition) is 0. The van der Waals surface area contributed by atoms with Gasteiger partial charge in [-0.3, -0.25) is 0 Å². The second kappa shape index (κ2) is 6.40. The van der Waals surface area contributed by atoms with Gasteiger partial charge in [0.2, 0.25) is 0 Å². The van der Waals surface area contributed by atoms with Crippen LogP contribution in [0.2, 0.25) is 0 Å². The summed E-state index contributed by atoms with van der Waals surface area (Å²) in [6.45, 7) is 5.42. The summed E-state index contributed by atoms with van der Waals surface area (Å²) in [5, 5.41) is 0. The molecule has 0 radical (unpaired) electrons. The van der Waals surface area contributed by atoms with E-state index >= 15 is 0 Å². The van der Waals surface area contributed by atoms with E-state index in [1.807, 2.05) is 0 Å². The number of carbonyl (C=O) groups is 1. The van der Waals surface area contributed by atoms with Gasteiger partial charge in [0.1, 0.15) is 11.4 Å². The molecule has 1 aliphatic heterocycles. The Morgan fingerprint density at radius 1 is 1.20 bits per heavy atom. The number of ether oxygens (including phenoxy) is 1. The molecule has 25 heavy (non-hydrogen) atoms. The molecule has 0 aliphatic carbocycles. The number of alkyl halides is 3. The van der Waals surface area contributed by atoms with Gasteiger partial charge in [0.15, 0.2) is 0 Å². The lowest BCUT2D eigenvalue weighted by Crippen LogP contribution is -2.40. The first kappa shape index (κ1) is 19.4. The van der Waals surface area contributed by atoms with Crippen molar-refractivity contribution in [2.75, 3.05) is 6.54 Å². The van der Waals surface area contributed by atoms with E-state index in [0.29, 0.717) is 11.1 Å². The summed E-state index contributed by atoms with van der Waals surface area (Å²) in [6, 6.07) is 4.13. The Morgan fingerprint density at radius 2 is 1.84 bits per heavy atom. The van der Waals surface area contributed by atoms with E-state index in [1.54, 1.807) is 26.8 Å². The molecule has 1 aromatic carbocycles. The number of carbonyl (C=O) groups excluding carboxylic acids is 1. The average Bonchev–Trinajstić information content (AvgIpc) is 2.43. The zero-order valence-electron chi connectivity index (χ0n) is 13.9. The minimum Gasteiger partial charge on any atom is -0.444 e. The van der Waals surface area contributed by atoms with Gasteiger partial charge < -0.3 is 13.8 Å². The number of amides is 1. The minimum atomic E-state index is -5.74. The third-order valence-electron chi connectivity index (χ3n) is 3.36. The van der Waals surface area contributed by atoms with E-state index in [-0.39, 0.29) is 25.3 Å². The highest BCUT2D eigenvalue weighted by molar-refractivity contribution is 7.88. The van der Waals surface area contributed by atoms with E-state index in [4.69, 9.17) is 4.74 Å². The molecule has 0 bridgehead atoms. The van der Waals surface area contributed by atoms with Gasteiger partial charge in [0.05, 0.1) is 0 Å². The molecule has 0 saturated carbocycles. The molecule has 1 amide bonds. The maximum atomic E-state index is 12.5. The van der Waals surface area contributed by atoms with E-state index in [2.05, 4.69) is 4.18 Å². The molecule has 0 saturated heterocycles. The molecule has 0 N–H and O–H groups in total. The highest BCUT2D eigenvalue weighted by Gasteiger charge is 2.49. The van der Waals surface area contributed by atoms with Crippen LogP contribution in [0.3, 0.4) is 0 Å². The lowest BCUT2D eigenvalue weighted by atomic mass is 9.99. The van der Waals surface area contributed by atoms with Crippen LogP contribution >= 0.6 is 0 Å². The standard InChI is InChI=1S/C15H18F3NO5S/c1-14(2,3)23-13(20)19-8-7-11-10(9-19)5-4-6-12(11)24-25(21,22)15(16,17)18/h4-6H,7-9H2,1-3H3. The fraction of sp³-hybridized carbons (Fsp3) is 0.533. The fourth-order valence-electron chi connectivity index (χ4n) is 2.30. The van der Waals surface area contributed by atoms with Crippen LogP contribution in [0.4, 0.5) is 18.0 Å². The summed E-state index contributed by atoms with van der Waals surface area (Å²) in [4.78, 5) is 13.5. The number of hydrogen-bond acceptors (Lipinski definition) is 5. The molecule has 1 aromatic rings. The lowest BCUT2D eigenvalue weighted by Gasteiger charge is -2.31. The van der Waals surface area contributed by atoms with Gasteiger partial charge in [0.25, 0.3) is 0 Å². The summed E-state index contributed by atoms with van der Waals surface area (Å²) >= 11 is 0. The van der Waals surface area contributed by atoms with Crippen molar-refractivity contribution in [2.45, 2.75) is 44.8 Å². The second-order valence-corrected chi connectivity index (χ2v) is 8.07. The maximum Gasteiger partial charge on any atom is 0.534 e. The van der Waals surface area contributed by atoms with Gasteiger partial charge in [-0.25, -0.2) is 4.79 Å². The smallest absolute Gasteiger partial charge is 0.444 e. The van der Waals surface area contributed by atoms with Crippen LogP contribution in [0.15, 0.2) is 18.2 Å². The molecule has 0 unspecified atom stereocenters. The Balaban J connectivity index is 2.22. The lowest BCUT2D eigenvalue weighted by molar-refractivity contribution is -0.0500. The zero-order chi connectivity index (χ0) is 19.0. The second-order valence-electron chi connectivity index (χ2n) is 6.53. The third-order valence-corrected chi connectivity index (χ3v) is 4.32. The molecule has 1 aliphatic rings. The van der Waals surface area contributed by atoms with Crippen LogP contribution in [-0.2, 0) is 27.8 Å². The molecule has 6 nitrogen and oxygen atoms in total. The minimum absolute atomic E-state index is 0.0908. The number of halogens is 3. The van der Waals surface area contributed by atoms with Crippen molar-refractivity contribution in [3.05, 3.63) is 29.3 Å². The van der Waals surface area contributed by atoms with E-state index in [0.717, 1.165) is 6.07 Å². The summed E-state index contributed by atoms with van der Waals surface area (Å²) in [7, 11) is -5.74. The average molecular weight is 381 g/mol. The highest BCUT2D eigenvalue weighted by Crippen LogP contribution is 2.33. The molecule has 0 aromatic heterocycles. The van der Waals surface area contributed by atoms with Crippen LogP contribution in [0.1, 0.15) is 31.9 Å². The highest BCUT2D eigenvalue weighted by atomic mass is 32.2. The van der Waals surface area contributed by atoms with Gasteiger partial charge >= 0.3 is 21.7 Å². The van der Waals surface area contributed by atoms with Crippen molar-refractivity contribution in [3.8, 4) is 5.75 Å². The summed E-state index contributed by atoms with van der Waals surface area (Å²) in [6.07, 6.45) is -0.398. The molecule has 0 atom stereocenters. The summed E-state index contributed by atoms with van der Waals surface area (Å²) < 4.78 is 69.4. The largest absolute Gasteiger partial charge is 0.534 e. The van der Waals surface area contributed by atoms with Gasteiger partial charge in [-0.15, -0.1) is 0 Å². The third kappa shape index (κ3) is 4.56. The van der Waals surface area contributed by atoms with E-state index in [9.17, 15) is 26.4 Å². The van der Waals surface area contributed by atoms with Crippen LogP contribution < -0.4 is 4.18 Å². The van der Waals surface area contributed by atoms with Gasteiger partial charge in [-0.05, 0) is 38.8 Å². The monoisotopic (exact) mass is 381 g/mol. The molecule has 1 heterocycles. The van der Waals surface area contributed by atoms with E-state index in [1.165, 1.54) is 11.0 Å². The molecule has 0 spiro atoms. The predicted octanol–water partition coefficient (Wildman–Crippen LogP) is 3.21. The van der Waals surface area contributed by atoms with Crippen LogP contribution in [0.5, 0.6) is 5.75 Å². The predicted molar refractivity (Wildman–Crippen MR) is 82.4 cm³/mol. The van der Waals surface area contributed by atoms with Crippen molar-refractivity contribution in [1.29, 1.82) is 0 Å². The van der Waals surface area contributed by atoms with E-state index < -0.39 is 27.3 Å². The first-order valence-electron chi connectivity index (χ1n) is 7.39. The van der Waals surface area contributed by atoms with Gasteiger partial charge in [-0.1, -0.05) is 12.1 Å². The topological polar surface area (TPSA) is 72.9 Å². The summed E-state index contributed by atoms with van der Waals surface area (Å²) in [5.41, 5.74) is -5.35. The van der Waals surface area contributed by atoms with Crippen LogP contribution in [-0.4, -0.2) is 37.1 Å². The Hall–Kier alpha value is -1.97. The normalized spacial score (nSPS) is 15.5. The molecular formula is C15H18F3NO5S. The number of benzene rings is 1. The van der Waals surface area contributed by atoms with Crippen molar-refractivity contribution >= 4 is 16.2 Å². The first-order chi connectivity index (χ1) is 11.3. The fourth-order valence-corrected chi connectivity index (χ4v) is 2.79. The molecular weight excluding hydrogens is 363 g/mol. The Labute approximate surface area is 143 Å². The van der Waals surface area contributed by atoms with Crippen LogP contribution in [0, 0.1) is 0 Å². The van der Waals surface area contributed by atoms with Crippen LogP contribution in [0.25, 0.3) is 0 Å². The molecule has 10 heteroatoms. The van der Waals surface area contributed by atoms with Crippen molar-refractivity contribution in [1.82, 2.24) is 4.90 Å². The number of rotatable bonds is 2. The Kier molecular flexibility index (Phi) is 4.95. The van der Waals surface area contributed by atoms with Crippen molar-refractivity contribution in [2.24, 2.45) is 0 Å². The van der Waals surface area contributed by atoms with Gasteiger partial charge in [0, 0.05) is 18.7 Å². The number of nitrogens with zero attached hydrogens (tertiary/aromatic N) is 1. The quantitative estimate of drug-likeness (QED) is 0.581. The number of fused-ring (bicyclic) bond motifs is 1. The SMILES string of the molecule is CC(C)(C)OC(=O)N1CCc2c(cccc2OS(=O)(=O)C(F)(F)F)C1. The molecule has 140 valence electrons. The maximum absolute atomic E-state index is 12.5. The zero-order valence-corrected chi connectivity index (χ0v) is 14.7. The molecule has 0 fully saturated rings. The van der Waals surface area contributed by atoms with Gasteiger partial charge in [-0.2, -0.15) is 21.6 Å². The summed E-state index contributed by atoms with van der Waals surface area (Å²) in [5.74, 6) is -0.376. The Bertz CT molecular complexity index is 768. The molecule has 2 rings (SSSR count). The Morgan fingerprint density at radius 3 is 2.40 bits per heavy atom. The van der Waals surface area contributed by atoms with Crippen molar-refractivity contribution < 1.29 is 35.3 Å². The van der Waals surface area contributed by atoms with Crippen molar-refractivity contribution in [3.63, 3.8) is 0 Å².